The maximum Gasteiger partial charge on any atom is 0.303 e. The summed E-state index contributed by atoms with van der Waals surface area (Å²) in [5.41, 5.74) is 7.87. The minimum Gasteiger partial charge on any atom is -0.481 e. The number of rotatable bonds is 7. The Balaban J connectivity index is 1.41. The lowest BCUT2D eigenvalue weighted by atomic mass is 9.97. The second-order valence-electron chi connectivity index (χ2n) is 8.91. The van der Waals surface area contributed by atoms with E-state index in [0.29, 0.717) is 12.0 Å². The van der Waals surface area contributed by atoms with Crippen LogP contribution in [0.1, 0.15) is 39.2 Å². The summed E-state index contributed by atoms with van der Waals surface area (Å²) in [5.74, 6) is -0.0648. The second-order valence-corrected chi connectivity index (χ2v) is 8.91. The molecule has 6 nitrogen and oxygen atoms in total. The minimum atomic E-state index is -0.802. The monoisotopic (exact) mass is 463 g/mol. The Hall–Kier alpha value is -4.32. The Morgan fingerprint density at radius 1 is 0.886 bits per heavy atom. The van der Waals surface area contributed by atoms with Gasteiger partial charge in [-0.1, -0.05) is 36.4 Å². The van der Waals surface area contributed by atoms with Gasteiger partial charge in [-0.25, -0.2) is 4.98 Å². The van der Waals surface area contributed by atoms with E-state index >= 15 is 0 Å². The van der Waals surface area contributed by atoms with Gasteiger partial charge < -0.3 is 10.1 Å². The molecule has 0 aliphatic carbocycles. The second kappa shape index (κ2) is 9.14. The molecule has 5 rings (SSSR count). The molecule has 174 valence electrons. The predicted molar refractivity (Wildman–Crippen MR) is 137 cm³/mol. The van der Waals surface area contributed by atoms with Gasteiger partial charge in [0.2, 0.25) is 0 Å². The summed E-state index contributed by atoms with van der Waals surface area (Å²) in [6.45, 7) is 4.01. The number of aromatic nitrogens is 3. The zero-order chi connectivity index (χ0) is 24.5. The molecule has 0 spiro atoms. The van der Waals surface area contributed by atoms with E-state index in [1.807, 2.05) is 80.6 Å². The van der Waals surface area contributed by atoms with E-state index in [2.05, 4.69) is 9.97 Å². The van der Waals surface area contributed by atoms with E-state index in [1.165, 1.54) is 0 Å². The smallest absolute Gasteiger partial charge is 0.303 e. The first-order valence-electron chi connectivity index (χ1n) is 11.6. The summed E-state index contributed by atoms with van der Waals surface area (Å²) >= 11 is 0. The number of nitrogens with one attached hydrogen (secondary N) is 1. The third-order valence-electron chi connectivity index (χ3n) is 6.26. The van der Waals surface area contributed by atoms with Crippen LogP contribution < -0.4 is 0 Å². The topological polar surface area (TPSA) is 95.9 Å². The predicted octanol–water partition coefficient (Wildman–Crippen LogP) is 5.84. The van der Waals surface area contributed by atoms with Crippen LogP contribution in [0.5, 0.6) is 0 Å². The molecule has 3 aromatic carbocycles. The van der Waals surface area contributed by atoms with Crippen molar-refractivity contribution in [3.05, 3.63) is 94.7 Å². The lowest BCUT2D eigenvalue weighted by Crippen LogP contribution is -2.05. The van der Waals surface area contributed by atoms with Crippen LogP contribution in [0.4, 0.5) is 0 Å². The van der Waals surface area contributed by atoms with Crippen molar-refractivity contribution in [1.82, 2.24) is 15.0 Å². The van der Waals surface area contributed by atoms with Crippen LogP contribution in [0, 0.1) is 13.8 Å². The van der Waals surface area contributed by atoms with E-state index < -0.39 is 5.97 Å². The number of aryl methyl sites for hydroxylation is 3. The molecule has 2 aromatic heterocycles. The van der Waals surface area contributed by atoms with Gasteiger partial charge in [-0.3, -0.25) is 14.6 Å². The first-order valence-corrected chi connectivity index (χ1v) is 11.6. The van der Waals surface area contributed by atoms with Gasteiger partial charge in [0.15, 0.2) is 5.78 Å². The molecule has 0 amide bonds. The third kappa shape index (κ3) is 4.68. The van der Waals surface area contributed by atoms with Crippen LogP contribution in [-0.4, -0.2) is 31.8 Å². The lowest BCUT2D eigenvalue weighted by molar-refractivity contribution is -0.136. The number of carbonyl (C=O) groups is 2. The normalized spacial score (nSPS) is 11.3. The number of fused-ring (bicyclic) bond motifs is 2. The molecule has 2 N–H and O–H groups in total. The Labute approximate surface area is 202 Å². The van der Waals surface area contributed by atoms with Gasteiger partial charge in [0, 0.05) is 28.6 Å². The SMILES string of the molecule is Cc1cc(CCC(=O)O)cc(C)c1-c1nc2ccc(C(=O)Cc3ccc4ccccc4n3)cc2[nH]1. The Kier molecular flexibility index (Phi) is 5.87. The van der Waals surface area contributed by atoms with Crippen LogP contribution in [0.25, 0.3) is 33.3 Å². The van der Waals surface area contributed by atoms with Gasteiger partial charge in [0.1, 0.15) is 5.82 Å². The maximum absolute atomic E-state index is 13.0. The summed E-state index contributed by atoms with van der Waals surface area (Å²) in [5, 5.41) is 10.0. The van der Waals surface area contributed by atoms with E-state index in [0.717, 1.165) is 55.7 Å². The first kappa shape index (κ1) is 22.5. The number of carbonyl (C=O) groups excluding carboxylic acids is 1. The number of hydrogen-bond donors (Lipinski definition) is 2. The van der Waals surface area contributed by atoms with Crippen molar-refractivity contribution in [2.24, 2.45) is 0 Å². The van der Waals surface area contributed by atoms with Gasteiger partial charge in [0.25, 0.3) is 0 Å². The molecule has 0 saturated carbocycles. The maximum atomic E-state index is 13.0. The highest BCUT2D eigenvalue weighted by Crippen LogP contribution is 2.29. The summed E-state index contributed by atoms with van der Waals surface area (Å²) in [6.07, 6.45) is 0.830. The fraction of sp³-hybridized carbons (Fsp3) is 0.172. The number of Topliss-reactive ketones (excluding diaryl/α,β-unsaturated/α-hetero) is 1. The Morgan fingerprint density at radius 2 is 1.66 bits per heavy atom. The van der Waals surface area contributed by atoms with Crippen LogP contribution in [0.2, 0.25) is 0 Å². The molecular weight excluding hydrogens is 438 g/mol. The first-order chi connectivity index (χ1) is 16.9. The molecule has 0 aliphatic heterocycles. The van der Waals surface area contributed by atoms with E-state index in [9.17, 15) is 9.59 Å². The highest BCUT2D eigenvalue weighted by molar-refractivity contribution is 6.00. The zero-order valence-corrected chi connectivity index (χ0v) is 19.6. The van der Waals surface area contributed by atoms with Gasteiger partial charge in [0.05, 0.1) is 23.0 Å². The molecule has 0 fully saturated rings. The molecule has 6 heteroatoms. The standard InChI is InChI=1S/C29H25N3O3/c1-17-13-19(7-12-27(34)35)14-18(2)28(17)29-31-24-11-9-21(15-25(24)32-29)26(33)16-22-10-8-20-5-3-4-6-23(20)30-22/h3-6,8-11,13-15H,7,12,16H2,1-2H3,(H,31,32)(H,34,35). The van der Waals surface area contributed by atoms with E-state index in [4.69, 9.17) is 10.1 Å². The third-order valence-corrected chi connectivity index (χ3v) is 6.26. The lowest BCUT2D eigenvalue weighted by Gasteiger charge is -2.10. The van der Waals surface area contributed by atoms with Crippen LogP contribution in [0.3, 0.4) is 0 Å². The number of para-hydroxylation sites is 1. The molecule has 0 radical (unpaired) electrons. The van der Waals surface area contributed by atoms with Gasteiger partial charge in [-0.2, -0.15) is 0 Å². The molecule has 35 heavy (non-hydrogen) atoms. The molecular formula is C29H25N3O3. The number of carboxylic acid groups (broad SMARTS) is 1. The number of aromatic amines is 1. The van der Waals surface area contributed by atoms with Crippen molar-refractivity contribution in [1.29, 1.82) is 0 Å². The largest absolute Gasteiger partial charge is 0.481 e. The molecule has 2 heterocycles. The number of aliphatic carboxylic acids is 1. The van der Waals surface area contributed by atoms with Crippen LogP contribution in [-0.2, 0) is 17.6 Å². The fourth-order valence-electron chi connectivity index (χ4n) is 4.60. The van der Waals surface area contributed by atoms with Crippen molar-refractivity contribution in [3.8, 4) is 11.4 Å². The highest BCUT2D eigenvalue weighted by Gasteiger charge is 2.15. The van der Waals surface area contributed by atoms with Gasteiger partial charge >= 0.3 is 5.97 Å². The summed E-state index contributed by atoms with van der Waals surface area (Å²) in [4.78, 5) is 36.7. The van der Waals surface area contributed by atoms with Crippen molar-refractivity contribution < 1.29 is 14.7 Å². The molecule has 0 bridgehead atoms. The van der Waals surface area contributed by atoms with Gasteiger partial charge in [-0.15, -0.1) is 0 Å². The van der Waals surface area contributed by atoms with Gasteiger partial charge in [-0.05, 0) is 67.3 Å². The number of pyridine rings is 1. The Morgan fingerprint density at radius 3 is 2.43 bits per heavy atom. The molecule has 0 atom stereocenters. The molecule has 5 aromatic rings. The average molecular weight is 464 g/mol. The number of hydrogen-bond acceptors (Lipinski definition) is 4. The Bertz CT molecular complexity index is 1580. The van der Waals surface area contributed by atoms with E-state index in [-0.39, 0.29) is 18.6 Å². The molecule has 0 aliphatic rings. The fourth-order valence-corrected chi connectivity index (χ4v) is 4.60. The molecule has 0 saturated heterocycles. The zero-order valence-electron chi connectivity index (χ0n) is 19.6. The van der Waals surface area contributed by atoms with Crippen LogP contribution in [0.15, 0.2) is 66.7 Å². The summed E-state index contributed by atoms with van der Waals surface area (Å²) in [6, 6.07) is 21.3. The molecule has 0 unspecified atom stereocenters. The van der Waals surface area contributed by atoms with Crippen molar-refractivity contribution in [2.75, 3.05) is 0 Å². The number of ketones is 1. The summed E-state index contributed by atoms with van der Waals surface area (Å²) < 4.78 is 0. The quantitative estimate of drug-likeness (QED) is 0.296. The van der Waals surface area contributed by atoms with Crippen LogP contribution >= 0.6 is 0 Å². The minimum absolute atomic E-state index is 0.000903. The van der Waals surface area contributed by atoms with Crippen molar-refractivity contribution >= 4 is 33.7 Å². The van der Waals surface area contributed by atoms with Crippen molar-refractivity contribution in [3.63, 3.8) is 0 Å². The number of imidazole rings is 1. The number of carboxylic acids is 1. The number of nitrogens with zero attached hydrogens (tertiary/aromatic N) is 2. The number of H-pyrrole nitrogens is 1. The van der Waals surface area contributed by atoms with E-state index in [1.54, 1.807) is 0 Å². The average Bonchev–Trinajstić information content (AvgIpc) is 3.25. The summed E-state index contributed by atoms with van der Waals surface area (Å²) in [7, 11) is 0. The van der Waals surface area contributed by atoms with Crippen molar-refractivity contribution in [2.45, 2.75) is 33.1 Å². The highest BCUT2D eigenvalue weighted by atomic mass is 16.4. The number of benzene rings is 3.